The summed E-state index contributed by atoms with van der Waals surface area (Å²) in [6.07, 6.45) is 1.41. The highest BCUT2D eigenvalue weighted by Crippen LogP contribution is 2.17. The molecule has 2 atom stereocenters. The van der Waals surface area contributed by atoms with E-state index in [2.05, 4.69) is 10.1 Å². The molecule has 1 aliphatic rings. The maximum absolute atomic E-state index is 12.1. The summed E-state index contributed by atoms with van der Waals surface area (Å²) in [6.45, 7) is 0.310. The number of nitrogens with two attached hydrogens (primary N) is 1. The Labute approximate surface area is 121 Å². The number of hydrogen-bond acceptors (Lipinski definition) is 5. The van der Waals surface area contributed by atoms with Crippen molar-refractivity contribution in [3.63, 3.8) is 0 Å². The van der Waals surface area contributed by atoms with Gasteiger partial charge >= 0.3 is 18.0 Å². The molecule has 4 N–H and O–H groups in total. The molecule has 1 saturated heterocycles. The number of carboxylic acid groups (broad SMARTS) is 1. The summed E-state index contributed by atoms with van der Waals surface area (Å²) in [7, 11) is 1.12. The summed E-state index contributed by atoms with van der Waals surface area (Å²) in [5.41, 5.74) is 5.24. The van der Waals surface area contributed by atoms with Crippen LogP contribution in [0.3, 0.4) is 0 Å². The van der Waals surface area contributed by atoms with E-state index in [1.807, 2.05) is 0 Å². The smallest absolute Gasteiger partial charge is 0.326 e. The molecule has 1 fully saturated rings. The molecule has 0 radical (unpaired) electrons. The highest BCUT2D eigenvalue weighted by Gasteiger charge is 2.33. The number of hydrogen-bond donors (Lipinski definition) is 3. The average Bonchev–Trinajstić information content (AvgIpc) is 2.45. The van der Waals surface area contributed by atoms with Crippen LogP contribution < -0.4 is 11.1 Å². The van der Waals surface area contributed by atoms with E-state index in [-0.39, 0.29) is 0 Å². The van der Waals surface area contributed by atoms with Crippen molar-refractivity contribution in [3.05, 3.63) is 0 Å². The van der Waals surface area contributed by atoms with E-state index in [4.69, 9.17) is 10.8 Å². The lowest BCUT2D eigenvalue weighted by molar-refractivity contribution is -0.147. The molecule has 0 aliphatic carbocycles. The summed E-state index contributed by atoms with van der Waals surface area (Å²) in [5, 5.41) is 11.2. The quantitative estimate of drug-likeness (QED) is 0.560. The Morgan fingerprint density at radius 3 is 2.57 bits per heavy atom. The third-order valence-electron chi connectivity index (χ3n) is 3.29. The molecule has 1 aliphatic heterocycles. The number of nitrogens with zero attached hydrogens (tertiary/aromatic N) is 1. The van der Waals surface area contributed by atoms with Crippen LogP contribution in [0.15, 0.2) is 0 Å². The number of primary amides is 1. The highest BCUT2D eigenvalue weighted by atomic mass is 16.5. The summed E-state index contributed by atoms with van der Waals surface area (Å²) in [5.74, 6) is -2.75. The maximum atomic E-state index is 12.1. The highest BCUT2D eigenvalue weighted by molar-refractivity contribution is 5.89. The molecule has 1 rings (SSSR count). The molecule has 0 aromatic carbocycles. The lowest BCUT2D eigenvalue weighted by Gasteiger charge is -2.34. The Bertz CT molecular complexity index is 439. The number of carbonyl (C=O) groups excluding carboxylic acids is 3. The van der Waals surface area contributed by atoms with E-state index in [0.717, 1.165) is 13.5 Å². The van der Waals surface area contributed by atoms with Crippen LogP contribution in [0, 0.1) is 0 Å². The van der Waals surface area contributed by atoms with Crippen LogP contribution in [0.1, 0.15) is 25.7 Å². The third kappa shape index (κ3) is 4.62. The fourth-order valence-corrected chi connectivity index (χ4v) is 2.15. The number of carboxylic acids is 1. The van der Waals surface area contributed by atoms with Gasteiger partial charge in [-0.2, -0.15) is 0 Å². The van der Waals surface area contributed by atoms with Crippen molar-refractivity contribution >= 4 is 23.9 Å². The Kier molecular flexibility index (Phi) is 5.94. The second-order valence-corrected chi connectivity index (χ2v) is 4.73. The summed E-state index contributed by atoms with van der Waals surface area (Å²) >= 11 is 0. The van der Waals surface area contributed by atoms with Gasteiger partial charge in [0.05, 0.1) is 13.5 Å². The first-order valence-electron chi connectivity index (χ1n) is 6.53. The molecule has 0 aromatic rings. The first-order chi connectivity index (χ1) is 9.86. The first-order valence-corrected chi connectivity index (χ1v) is 6.53. The van der Waals surface area contributed by atoms with Crippen molar-refractivity contribution in [1.29, 1.82) is 0 Å². The van der Waals surface area contributed by atoms with Crippen molar-refractivity contribution in [2.75, 3.05) is 13.7 Å². The molecule has 9 heteroatoms. The van der Waals surface area contributed by atoms with Crippen molar-refractivity contribution < 1.29 is 29.0 Å². The van der Waals surface area contributed by atoms with Crippen LogP contribution in [0.25, 0.3) is 0 Å². The monoisotopic (exact) mass is 301 g/mol. The molecule has 9 nitrogen and oxygen atoms in total. The van der Waals surface area contributed by atoms with Gasteiger partial charge in [-0.15, -0.1) is 0 Å². The van der Waals surface area contributed by atoms with Crippen molar-refractivity contribution in [3.8, 4) is 0 Å². The van der Waals surface area contributed by atoms with Crippen molar-refractivity contribution in [2.24, 2.45) is 5.73 Å². The minimum absolute atomic E-state index is 0.310. The van der Waals surface area contributed by atoms with E-state index < -0.39 is 42.4 Å². The van der Waals surface area contributed by atoms with Crippen molar-refractivity contribution in [1.82, 2.24) is 10.2 Å². The van der Waals surface area contributed by atoms with Gasteiger partial charge in [-0.05, 0) is 19.3 Å². The van der Waals surface area contributed by atoms with Crippen LogP contribution in [0.5, 0.6) is 0 Å². The number of carbonyl (C=O) groups is 4. The Morgan fingerprint density at radius 1 is 1.38 bits per heavy atom. The number of piperidine rings is 1. The zero-order valence-corrected chi connectivity index (χ0v) is 11.7. The Morgan fingerprint density at radius 2 is 2.05 bits per heavy atom. The van der Waals surface area contributed by atoms with Gasteiger partial charge in [-0.25, -0.2) is 9.59 Å². The molecule has 3 amide bonds. The Hall–Kier alpha value is -2.32. The normalized spacial score (nSPS) is 19.5. The standard InChI is InChI=1S/C12H19N3O6/c1-21-9(16)6-7(11(18)19)14-12(20)15-5-3-2-4-8(15)10(13)17/h7-8H,2-6H2,1H3,(H2,13,17)(H,14,20)(H,18,19)/t7-,8?/m0/s1. The number of rotatable bonds is 5. The number of nitrogens with one attached hydrogen (secondary N) is 1. The number of esters is 1. The SMILES string of the molecule is COC(=O)C[C@H](NC(=O)N1CCCCC1C(N)=O)C(=O)O. The summed E-state index contributed by atoms with van der Waals surface area (Å²) in [6, 6.07) is -2.90. The zero-order chi connectivity index (χ0) is 16.0. The first kappa shape index (κ1) is 16.7. The van der Waals surface area contributed by atoms with Gasteiger partial charge < -0.3 is 25.8 Å². The van der Waals surface area contributed by atoms with E-state index in [1.54, 1.807) is 0 Å². The predicted octanol–water partition coefficient (Wildman–Crippen LogP) is -0.948. The molecular weight excluding hydrogens is 282 g/mol. The molecule has 1 heterocycles. The molecule has 0 bridgehead atoms. The van der Waals surface area contributed by atoms with Gasteiger partial charge in [0.1, 0.15) is 12.1 Å². The fraction of sp³-hybridized carbons (Fsp3) is 0.667. The molecule has 0 aromatic heterocycles. The maximum Gasteiger partial charge on any atom is 0.326 e. The van der Waals surface area contributed by atoms with Crippen LogP contribution in [0.4, 0.5) is 4.79 Å². The lowest BCUT2D eigenvalue weighted by Crippen LogP contribution is -2.56. The minimum atomic E-state index is -1.42. The van der Waals surface area contributed by atoms with Crippen LogP contribution >= 0.6 is 0 Å². The summed E-state index contributed by atoms with van der Waals surface area (Å²) in [4.78, 5) is 46.8. The van der Waals surface area contributed by atoms with Gasteiger partial charge in [0.2, 0.25) is 5.91 Å². The zero-order valence-electron chi connectivity index (χ0n) is 11.7. The second-order valence-electron chi connectivity index (χ2n) is 4.73. The molecule has 21 heavy (non-hydrogen) atoms. The lowest BCUT2D eigenvalue weighted by atomic mass is 10.0. The largest absolute Gasteiger partial charge is 0.480 e. The number of urea groups is 1. The van der Waals surface area contributed by atoms with E-state index in [9.17, 15) is 19.2 Å². The fourth-order valence-electron chi connectivity index (χ4n) is 2.15. The number of methoxy groups -OCH3 is 1. The summed E-state index contributed by atoms with van der Waals surface area (Å²) < 4.78 is 4.38. The van der Waals surface area contributed by atoms with Crippen molar-refractivity contribution in [2.45, 2.75) is 37.8 Å². The third-order valence-corrected chi connectivity index (χ3v) is 3.29. The molecule has 118 valence electrons. The molecular formula is C12H19N3O6. The molecule has 0 saturated carbocycles. The van der Waals surface area contributed by atoms with Gasteiger partial charge in [-0.1, -0.05) is 0 Å². The van der Waals surface area contributed by atoms with E-state index in [1.165, 1.54) is 4.90 Å². The number of ether oxygens (including phenoxy) is 1. The predicted molar refractivity (Wildman–Crippen MR) is 70.1 cm³/mol. The van der Waals surface area contributed by atoms with Crippen LogP contribution in [-0.2, 0) is 19.1 Å². The second kappa shape index (κ2) is 7.46. The van der Waals surface area contributed by atoms with Gasteiger partial charge in [-0.3, -0.25) is 9.59 Å². The van der Waals surface area contributed by atoms with Crippen LogP contribution in [0.2, 0.25) is 0 Å². The Balaban J connectivity index is 2.73. The number of aliphatic carboxylic acids is 1. The molecule has 0 spiro atoms. The minimum Gasteiger partial charge on any atom is -0.480 e. The van der Waals surface area contributed by atoms with Gasteiger partial charge in [0, 0.05) is 6.54 Å². The van der Waals surface area contributed by atoms with Gasteiger partial charge in [0.25, 0.3) is 0 Å². The van der Waals surface area contributed by atoms with Gasteiger partial charge in [0.15, 0.2) is 0 Å². The topological polar surface area (TPSA) is 139 Å². The number of likely N-dealkylation sites (tertiary alicyclic amines) is 1. The van der Waals surface area contributed by atoms with E-state index in [0.29, 0.717) is 19.4 Å². The van der Waals surface area contributed by atoms with Crippen LogP contribution in [-0.4, -0.2) is 59.6 Å². The van der Waals surface area contributed by atoms with E-state index >= 15 is 0 Å². The molecule has 1 unspecified atom stereocenters. The number of amides is 3. The average molecular weight is 301 g/mol.